The number of hydrogen-bond donors (Lipinski definition) is 3. The molecule has 0 saturated carbocycles. The Hall–Kier alpha value is -3.19. The van der Waals surface area contributed by atoms with E-state index >= 15 is 0 Å². The zero-order chi connectivity index (χ0) is 20.5. The molecule has 0 spiro atoms. The molecule has 7 heteroatoms. The number of H-pyrrole nitrogens is 1. The Balaban J connectivity index is 1.63. The number of benzene rings is 1. The fourth-order valence-corrected chi connectivity index (χ4v) is 3.84. The van der Waals surface area contributed by atoms with Crippen LogP contribution in [0.1, 0.15) is 38.4 Å². The van der Waals surface area contributed by atoms with Crippen molar-refractivity contribution in [2.24, 2.45) is 0 Å². The first kappa shape index (κ1) is 19.1. The second-order valence-electron chi connectivity index (χ2n) is 6.90. The molecule has 2 aromatic heterocycles. The van der Waals surface area contributed by atoms with Crippen LogP contribution in [0.25, 0.3) is 11.6 Å². The van der Waals surface area contributed by atoms with Gasteiger partial charge in [-0.15, -0.1) is 0 Å². The van der Waals surface area contributed by atoms with Crippen molar-refractivity contribution in [3.8, 4) is 0 Å². The van der Waals surface area contributed by atoms with Gasteiger partial charge in [-0.05, 0) is 61.4 Å². The van der Waals surface area contributed by atoms with Gasteiger partial charge in [0.25, 0.3) is 11.8 Å². The molecule has 0 atom stereocenters. The molecule has 4 rings (SSSR count). The lowest BCUT2D eigenvalue weighted by molar-refractivity contribution is -0.110. The lowest BCUT2D eigenvalue weighted by atomic mass is 10.0. The SMILES string of the molecule is Cc1[nH]c(C=C2C(=O)Nc3ccc(Br)cc32)c(C)c1C(=O)NCc1ccncc1. The Morgan fingerprint density at radius 1 is 1.21 bits per heavy atom. The van der Waals surface area contributed by atoms with Crippen LogP contribution in [-0.2, 0) is 11.3 Å². The quantitative estimate of drug-likeness (QED) is 0.520. The third kappa shape index (κ3) is 3.73. The molecular formula is C22H19BrN4O2. The van der Waals surface area contributed by atoms with Gasteiger partial charge in [-0.2, -0.15) is 0 Å². The van der Waals surface area contributed by atoms with E-state index in [1.165, 1.54) is 0 Å². The third-order valence-electron chi connectivity index (χ3n) is 4.96. The second-order valence-corrected chi connectivity index (χ2v) is 7.82. The molecule has 1 aliphatic rings. The highest BCUT2D eigenvalue weighted by molar-refractivity contribution is 9.10. The Morgan fingerprint density at radius 2 is 1.97 bits per heavy atom. The van der Waals surface area contributed by atoms with Gasteiger partial charge < -0.3 is 15.6 Å². The highest BCUT2D eigenvalue weighted by Gasteiger charge is 2.25. The van der Waals surface area contributed by atoms with E-state index < -0.39 is 0 Å². The van der Waals surface area contributed by atoms with Crippen molar-refractivity contribution in [1.82, 2.24) is 15.3 Å². The van der Waals surface area contributed by atoms with Crippen LogP contribution in [0, 0.1) is 13.8 Å². The summed E-state index contributed by atoms with van der Waals surface area (Å²) in [6, 6.07) is 9.38. The summed E-state index contributed by atoms with van der Waals surface area (Å²) in [4.78, 5) is 32.4. The topological polar surface area (TPSA) is 86.9 Å². The number of carbonyl (C=O) groups is 2. The van der Waals surface area contributed by atoms with Crippen molar-refractivity contribution in [1.29, 1.82) is 0 Å². The fraction of sp³-hybridized carbons (Fsp3) is 0.136. The highest BCUT2D eigenvalue weighted by atomic mass is 79.9. The smallest absolute Gasteiger partial charge is 0.256 e. The number of aryl methyl sites for hydroxylation is 1. The van der Waals surface area contributed by atoms with Crippen LogP contribution in [-0.4, -0.2) is 21.8 Å². The summed E-state index contributed by atoms with van der Waals surface area (Å²) in [6.07, 6.45) is 5.19. The van der Waals surface area contributed by atoms with Gasteiger partial charge in [0.05, 0.1) is 11.1 Å². The monoisotopic (exact) mass is 450 g/mol. The Kier molecular flexibility index (Phi) is 5.07. The molecule has 1 aliphatic heterocycles. The summed E-state index contributed by atoms with van der Waals surface area (Å²) in [6.45, 7) is 4.16. The molecule has 2 amide bonds. The van der Waals surface area contributed by atoms with Crippen molar-refractivity contribution in [2.45, 2.75) is 20.4 Å². The standard InChI is InChI=1S/C22H19BrN4O2/c1-12-19(10-17-16-9-15(23)3-4-18(16)27-21(17)28)26-13(2)20(12)22(29)25-11-14-5-7-24-8-6-14/h3-10,26H,11H2,1-2H3,(H,25,29)(H,27,28). The van der Waals surface area contributed by atoms with Gasteiger partial charge in [0.2, 0.25) is 0 Å². The number of hydrogen-bond acceptors (Lipinski definition) is 3. The molecule has 3 aromatic rings. The summed E-state index contributed by atoms with van der Waals surface area (Å²) < 4.78 is 0.897. The molecule has 3 N–H and O–H groups in total. The molecule has 146 valence electrons. The number of amides is 2. The molecular weight excluding hydrogens is 432 g/mol. The van der Waals surface area contributed by atoms with Crippen molar-refractivity contribution < 1.29 is 9.59 Å². The third-order valence-corrected chi connectivity index (χ3v) is 5.45. The van der Waals surface area contributed by atoms with Gasteiger partial charge in [0.1, 0.15) is 0 Å². The molecule has 0 saturated heterocycles. The predicted octanol–water partition coefficient (Wildman–Crippen LogP) is 4.21. The number of pyridine rings is 1. The van der Waals surface area contributed by atoms with E-state index in [2.05, 4.69) is 36.5 Å². The minimum atomic E-state index is -0.159. The molecule has 29 heavy (non-hydrogen) atoms. The average molecular weight is 451 g/mol. The molecule has 6 nitrogen and oxygen atoms in total. The highest BCUT2D eigenvalue weighted by Crippen LogP contribution is 2.35. The molecule has 0 fully saturated rings. The normalized spacial score (nSPS) is 14.0. The largest absolute Gasteiger partial charge is 0.358 e. The number of nitrogens with zero attached hydrogens (tertiary/aromatic N) is 1. The molecule has 1 aromatic carbocycles. The maximum atomic E-state index is 12.8. The molecule has 0 radical (unpaired) electrons. The maximum Gasteiger partial charge on any atom is 0.256 e. The van der Waals surface area contributed by atoms with Gasteiger partial charge in [-0.1, -0.05) is 15.9 Å². The first-order valence-corrected chi connectivity index (χ1v) is 9.92. The second kappa shape index (κ2) is 7.67. The summed E-state index contributed by atoms with van der Waals surface area (Å²) >= 11 is 3.45. The molecule has 0 bridgehead atoms. The predicted molar refractivity (Wildman–Crippen MR) is 116 cm³/mol. The minimum Gasteiger partial charge on any atom is -0.358 e. The van der Waals surface area contributed by atoms with Gasteiger partial charge in [-0.3, -0.25) is 14.6 Å². The number of aromatic nitrogens is 2. The Labute approximate surface area is 176 Å². The van der Waals surface area contributed by atoms with E-state index in [4.69, 9.17) is 0 Å². The van der Waals surface area contributed by atoms with Crippen LogP contribution in [0.5, 0.6) is 0 Å². The summed E-state index contributed by atoms with van der Waals surface area (Å²) in [7, 11) is 0. The van der Waals surface area contributed by atoms with E-state index in [-0.39, 0.29) is 11.8 Å². The summed E-state index contributed by atoms with van der Waals surface area (Å²) in [5.41, 5.74) is 6.06. The maximum absolute atomic E-state index is 12.8. The number of nitrogens with one attached hydrogen (secondary N) is 3. The first-order valence-electron chi connectivity index (χ1n) is 9.13. The number of fused-ring (bicyclic) bond motifs is 1. The number of rotatable bonds is 4. The van der Waals surface area contributed by atoms with Crippen LogP contribution >= 0.6 is 15.9 Å². The van der Waals surface area contributed by atoms with E-state index in [0.29, 0.717) is 17.7 Å². The Bertz CT molecular complexity index is 1150. The van der Waals surface area contributed by atoms with Crippen molar-refractivity contribution >= 4 is 45.1 Å². The molecule has 0 unspecified atom stereocenters. The minimum absolute atomic E-state index is 0.156. The first-order chi connectivity index (χ1) is 13.9. The zero-order valence-corrected chi connectivity index (χ0v) is 17.6. The van der Waals surface area contributed by atoms with Crippen molar-refractivity contribution in [3.05, 3.63) is 80.8 Å². The van der Waals surface area contributed by atoms with Crippen LogP contribution < -0.4 is 10.6 Å². The van der Waals surface area contributed by atoms with Crippen LogP contribution in [0.15, 0.2) is 47.2 Å². The summed E-state index contributed by atoms with van der Waals surface area (Å²) in [5, 5.41) is 5.81. The number of halogens is 1. The Morgan fingerprint density at radius 3 is 2.72 bits per heavy atom. The van der Waals surface area contributed by atoms with E-state index in [0.717, 1.165) is 38.2 Å². The molecule has 3 heterocycles. The fourth-order valence-electron chi connectivity index (χ4n) is 3.48. The van der Waals surface area contributed by atoms with Gasteiger partial charge in [-0.25, -0.2) is 0 Å². The summed E-state index contributed by atoms with van der Waals surface area (Å²) in [5.74, 6) is -0.315. The zero-order valence-electron chi connectivity index (χ0n) is 16.0. The van der Waals surface area contributed by atoms with Gasteiger partial charge in [0, 0.05) is 46.0 Å². The molecule has 0 aliphatic carbocycles. The van der Waals surface area contributed by atoms with Gasteiger partial charge in [0.15, 0.2) is 0 Å². The van der Waals surface area contributed by atoms with Crippen LogP contribution in [0.4, 0.5) is 5.69 Å². The van der Waals surface area contributed by atoms with E-state index in [9.17, 15) is 9.59 Å². The average Bonchev–Trinajstić information content (AvgIpc) is 3.16. The van der Waals surface area contributed by atoms with Crippen molar-refractivity contribution in [3.63, 3.8) is 0 Å². The van der Waals surface area contributed by atoms with Crippen molar-refractivity contribution in [2.75, 3.05) is 5.32 Å². The van der Waals surface area contributed by atoms with Crippen LogP contribution in [0.2, 0.25) is 0 Å². The van der Waals surface area contributed by atoms with Gasteiger partial charge >= 0.3 is 0 Å². The lowest BCUT2D eigenvalue weighted by Crippen LogP contribution is -2.23. The van der Waals surface area contributed by atoms with Crippen LogP contribution in [0.3, 0.4) is 0 Å². The number of anilines is 1. The van der Waals surface area contributed by atoms with E-state index in [1.54, 1.807) is 18.5 Å². The lowest BCUT2D eigenvalue weighted by Gasteiger charge is -2.06. The number of aromatic amines is 1. The number of carbonyl (C=O) groups excluding carboxylic acids is 2. The van der Waals surface area contributed by atoms with E-state index in [1.807, 2.05) is 44.2 Å².